The van der Waals surface area contributed by atoms with E-state index in [1.165, 1.54) is 36.2 Å². The van der Waals surface area contributed by atoms with Crippen LogP contribution in [0.15, 0.2) is 6.07 Å². The number of aromatic nitrogens is 1. The number of nitrogens with zero attached hydrogens (tertiary/aromatic N) is 1. The third kappa shape index (κ3) is 3.22. The molecule has 0 radical (unpaired) electrons. The van der Waals surface area contributed by atoms with Gasteiger partial charge in [-0.1, -0.05) is 13.8 Å². The second kappa shape index (κ2) is 6.13. The SMILES string of the molecule is CCn1c(C)cc(CNC2CCC(C)C(C)C2)c1C. The quantitative estimate of drug-likeness (QED) is 0.866. The third-order valence-electron chi connectivity index (χ3n) is 5.17. The maximum absolute atomic E-state index is 3.78. The Balaban J connectivity index is 1.92. The molecule has 1 aliphatic rings. The van der Waals surface area contributed by atoms with Gasteiger partial charge in [0.25, 0.3) is 0 Å². The summed E-state index contributed by atoms with van der Waals surface area (Å²) in [7, 11) is 0. The van der Waals surface area contributed by atoms with Crippen molar-refractivity contribution >= 4 is 0 Å². The van der Waals surface area contributed by atoms with E-state index in [1.54, 1.807) is 0 Å². The highest BCUT2D eigenvalue weighted by atomic mass is 15.0. The summed E-state index contributed by atoms with van der Waals surface area (Å²) in [5.41, 5.74) is 4.30. The van der Waals surface area contributed by atoms with E-state index < -0.39 is 0 Å². The molecule has 0 spiro atoms. The molecule has 2 heteroatoms. The van der Waals surface area contributed by atoms with Crippen molar-refractivity contribution in [2.24, 2.45) is 11.8 Å². The van der Waals surface area contributed by atoms with Gasteiger partial charge in [-0.05, 0) is 63.5 Å². The monoisotopic (exact) mass is 262 g/mol. The second-order valence-corrected chi connectivity index (χ2v) is 6.49. The van der Waals surface area contributed by atoms with E-state index in [4.69, 9.17) is 0 Å². The van der Waals surface area contributed by atoms with Crippen molar-refractivity contribution in [2.45, 2.75) is 73.0 Å². The van der Waals surface area contributed by atoms with Crippen molar-refractivity contribution in [1.82, 2.24) is 9.88 Å². The fourth-order valence-electron chi connectivity index (χ4n) is 3.53. The standard InChI is InChI=1S/C17H30N2/c1-6-19-14(4)10-16(15(19)5)11-18-17-8-7-12(2)13(3)9-17/h10,12-13,17-18H,6-9,11H2,1-5H3. The lowest BCUT2D eigenvalue weighted by Crippen LogP contribution is -2.35. The summed E-state index contributed by atoms with van der Waals surface area (Å²) in [6.45, 7) is 13.6. The van der Waals surface area contributed by atoms with Crippen LogP contribution in [0.2, 0.25) is 0 Å². The molecule has 3 atom stereocenters. The van der Waals surface area contributed by atoms with E-state index in [0.717, 1.165) is 31.0 Å². The molecule has 0 bridgehead atoms. The maximum Gasteiger partial charge on any atom is 0.0225 e. The highest BCUT2D eigenvalue weighted by Gasteiger charge is 2.24. The Bertz CT molecular complexity index is 419. The zero-order valence-corrected chi connectivity index (χ0v) is 13.3. The molecule has 0 saturated heterocycles. The van der Waals surface area contributed by atoms with Crippen LogP contribution in [0, 0.1) is 25.7 Å². The van der Waals surface area contributed by atoms with Crippen LogP contribution in [0.3, 0.4) is 0 Å². The molecular weight excluding hydrogens is 232 g/mol. The summed E-state index contributed by atoms with van der Waals surface area (Å²) in [6, 6.07) is 3.07. The van der Waals surface area contributed by atoms with Crippen molar-refractivity contribution < 1.29 is 0 Å². The lowest BCUT2D eigenvalue weighted by atomic mass is 9.79. The molecule has 1 fully saturated rings. The van der Waals surface area contributed by atoms with Crippen molar-refractivity contribution in [2.75, 3.05) is 0 Å². The Labute approximate surface area is 118 Å². The first-order chi connectivity index (χ1) is 9.02. The second-order valence-electron chi connectivity index (χ2n) is 6.49. The van der Waals surface area contributed by atoms with Crippen molar-refractivity contribution in [1.29, 1.82) is 0 Å². The maximum atomic E-state index is 3.78. The van der Waals surface area contributed by atoms with Crippen LogP contribution in [0.5, 0.6) is 0 Å². The molecule has 108 valence electrons. The number of nitrogens with one attached hydrogen (secondary N) is 1. The van der Waals surface area contributed by atoms with E-state index >= 15 is 0 Å². The van der Waals surface area contributed by atoms with E-state index in [9.17, 15) is 0 Å². The minimum absolute atomic E-state index is 0.718. The van der Waals surface area contributed by atoms with Crippen LogP contribution in [0.4, 0.5) is 0 Å². The van der Waals surface area contributed by atoms with Crippen molar-refractivity contribution in [3.63, 3.8) is 0 Å². The zero-order valence-electron chi connectivity index (χ0n) is 13.3. The highest BCUT2D eigenvalue weighted by molar-refractivity contribution is 5.26. The molecule has 19 heavy (non-hydrogen) atoms. The topological polar surface area (TPSA) is 17.0 Å². The van der Waals surface area contributed by atoms with Gasteiger partial charge in [-0.15, -0.1) is 0 Å². The summed E-state index contributed by atoms with van der Waals surface area (Å²) in [6.07, 6.45) is 4.07. The Hall–Kier alpha value is -0.760. The first-order valence-corrected chi connectivity index (χ1v) is 7.91. The fourth-order valence-corrected chi connectivity index (χ4v) is 3.53. The summed E-state index contributed by atoms with van der Waals surface area (Å²) >= 11 is 0. The lowest BCUT2D eigenvalue weighted by molar-refractivity contribution is 0.225. The molecule has 3 unspecified atom stereocenters. The summed E-state index contributed by atoms with van der Waals surface area (Å²) in [4.78, 5) is 0. The summed E-state index contributed by atoms with van der Waals surface area (Å²) in [5.74, 6) is 1.78. The van der Waals surface area contributed by atoms with Crippen molar-refractivity contribution in [3.8, 4) is 0 Å². The molecule has 0 aliphatic heterocycles. The van der Waals surface area contributed by atoms with Gasteiger partial charge in [-0.25, -0.2) is 0 Å². The van der Waals surface area contributed by atoms with Gasteiger partial charge in [0.05, 0.1) is 0 Å². The number of rotatable bonds is 4. The van der Waals surface area contributed by atoms with Gasteiger partial charge >= 0.3 is 0 Å². The molecule has 0 aromatic carbocycles. The number of hydrogen-bond acceptors (Lipinski definition) is 1. The minimum Gasteiger partial charge on any atom is -0.349 e. The molecule has 1 aliphatic carbocycles. The van der Waals surface area contributed by atoms with Crippen LogP contribution < -0.4 is 5.32 Å². The first-order valence-electron chi connectivity index (χ1n) is 7.91. The van der Waals surface area contributed by atoms with Gasteiger partial charge in [-0.2, -0.15) is 0 Å². The predicted octanol–water partition coefficient (Wildman–Crippen LogP) is 4.04. The van der Waals surface area contributed by atoms with Crippen LogP contribution in [-0.4, -0.2) is 10.6 Å². The van der Waals surface area contributed by atoms with Crippen molar-refractivity contribution in [3.05, 3.63) is 23.0 Å². The summed E-state index contributed by atoms with van der Waals surface area (Å²) < 4.78 is 2.41. The molecule has 0 amide bonds. The zero-order chi connectivity index (χ0) is 14.0. The normalized spacial score (nSPS) is 27.7. The van der Waals surface area contributed by atoms with Crippen LogP contribution in [0.25, 0.3) is 0 Å². The fraction of sp³-hybridized carbons (Fsp3) is 0.765. The van der Waals surface area contributed by atoms with Gasteiger partial charge in [0.1, 0.15) is 0 Å². The third-order valence-corrected chi connectivity index (χ3v) is 5.17. The summed E-state index contributed by atoms with van der Waals surface area (Å²) in [5, 5.41) is 3.78. The Morgan fingerprint density at radius 1 is 1.21 bits per heavy atom. The van der Waals surface area contributed by atoms with Gasteiger partial charge in [0, 0.05) is 30.5 Å². The van der Waals surface area contributed by atoms with Crippen LogP contribution >= 0.6 is 0 Å². The molecule has 2 rings (SSSR count). The molecule has 1 N–H and O–H groups in total. The molecule has 1 heterocycles. The molecule has 1 aromatic rings. The Morgan fingerprint density at radius 2 is 1.95 bits per heavy atom. The van der Waals surface area contributed by atoms with E-state index in [-0.39, 0.29) is 0 Å². The molecular formula is C17H30N2. The van der Waals surface area contributed by atoms with E-state index in [1.807, 2.05) is 0 Å². The minimum atomic E-state index is 0.718. The average molecular weight is 262 g/mol. The van der Waals surface area contributed by atoms with Gasteiger partial charge in [0.15, 0.2) is 0 Å². The molecule has 2 nitrogen and oxygen atoms in total. The predicted molar refractivity (Wildman–Crippen MR) is 82.4 cm³/mol. The molecule has 1 aromatic heterocycles. The van der Waals surface area contributed by atoms with E-state index in [0.29, 0.717) is 0 Å². The van der Waals surface area contributed by atoms with Gasteiger partial charge in [-0.3, -0.25) is 0 Å². The number of aryl methyl sites for hydroxylation is 1. The number of hydrogen-bond donors (Lipinski definition) is 1. The average Bonchev–Trinajstić information content (AvgIpc) is 2.65. The molecule has 1 saturated carbocycles. The Morgan fingerprint density at radius 3 is 2.53 bits per heavy atom. The van der Waals surface area contributed by atoms with Gasteiger partial charge in [0.2, 0.25) is 0 Å². The smallest absolute Gasteiger partial charge is 0.0225 e. The van der Waals surface area contributed by atoms with Crippen LogP contribution in [-0.2, 0) is 13.1 Å². The van der Waals surface area contributed by atoms with E-state index in [2.05, 4.69) is 50.6 Å². The first kappa shape index (κ1) is 14.6. The van der Waals surface area contributed by atoms with Crippen LogP contribution in [0.1, 0.15) is 57.0 Å². The van der Waals surface area contributed by atoms with Gasteiger partial charge < -0.3 is 9.88 Å². The largest absolute Gasteiger partial charge is 0.349 e. The highest BCUT2D eigenvalue weighted by Crippen LogP contribution is 2.29. The lowest BCUT2D eigenvalue weighted by Gasteiger charge is -2.32. The Kier molecular flexibility index (Phi) is 4.72.